The van der Waals surface area contributed by atoms with Gasteiger partial charge in [-0.15, -0.1) is 0 Å². The quantitative estimate of drug-likeness (QED) is 0.698. The molecule has 3 aliphatic rings. The number of hydrogen-bond donors (Lipinski definition) is 1. The van der Waals surface area contributed by atoms with Crippen molar-refractivity contribution in [3.8, 4) is 0 Å². The zero-order valence-corrected chi connectivity index (χ0v) is 17.9. The number of benzene rings is 1. The molecule has 6 heteroatoms. The lowest BCUT2D eigenvalue weighted by molar-refractivity contribution is -0.125. The molecule has 1 saturated carbocycles. The molecule has 0 bridgehead atoms. The van der Waals surface area contributed by atoms with Gasteiger partial charge in [0.05, 0.1) is 13.2 Å². The van der Waals surface area contributed by atoms with Crippen molar-refractivity contribution in [3.63, 3.8) is 0 Å². The summed E-state index contributed by atoms with van der Waals surface area (Å²) in [4.78, 5) is 30.7. The van der Waals surface area contributed by atoms with Gasteiger partial charge in [0.2, 0.25) is 5.91 Å². The predicted molar refractivity (Wildman–Crippen MR) is 116 cm³/mol. The van der Waals surface area contributed by atoms with Gasteiger partial charge in [0.15, 0.2) is 0 Å². The van der Waals surface area contributed by atoms with E-state index in [0.717, 1.165) is 71.4 Å². The highest BCUT2D eigenvalue weighted by molar-refractivity contribution is 5.98. The van der Waals surface area contributed by atoms with E-state index in [4.69, 9.17) is 4.74 Å². The van der Waals surface area contributed by atoms with Crippen LogP contribution in [0.2, 0.25) is 0 Å². The molecule has 3 unspecified atom stereocenters. The first kappa shape index (κ1) is 21.3. The van der Waals surface area contributed by atoms with Gasteiger partial charge in [0, 0.05) is 31.2 Å². The van der Waals surface area contributed by atoms with Gasteiger partial charge in [-0.05, 0) is 56.7 Å². The summed E-state index contributed by atoms with van der Waals surface area (Å²) < 4.78 is 5.39. The highest BCUT2D eigenvalue weighted by atomic mass is 16.5. The third-order valence-electron chi connectivity index (χ3n) is 6.95. The van der Waals surface area contributed by atoms with E-state index in [0.29, 0.717) is 18.0 Å². The summed E-state index contributed by atoms with van der Waals surface area (Å²) in [6, 6.07) is 9.31. The Kier molecular flexibility index (Phi) is 7.39. The number of ether oxygens (including phenoxy) is 1. The second-order valence-corrected chi connectivity index (χ2v) is 8.89. The van der Waals surface area contributed by atoms with Gasteiger partial charge >= 0.3 is 0 Å². The van der Waals surface area contributed by atoms with E-state index < -0.39 is 0 Å². The minimum absolute atomic E-state index is 0.0115. The summed E-state index contributed by atoms with van der Waals surface area (Å²) >= 11 is 0. The fraction of sp³-hybridized carbons (Fsp3) is 0.667. The lowest BCUT2D eigenvalue weighted by Gasteiger charge is -2.33. The second-order valence-electron chi connectivity index (χ2n) is 8.89. The van der Waals surface area contributed by atoms with Crippen LogP contribution >= 0.6 is 0 Å². The molecule has 1 aliphatic carbocycles. The number of morpholine rings is 1. The van der Waals surface area contributed by atoms with E-state index >= 15 is 0 Å². The molecule has 1 N–H and O–H groups in total. The normalized spacial score (nSPS) is 26.9. The Morgan fingerprint density at radius 3 is 2.60 bits per heavy atom. The molecular weight excluding hydrogens is 378 g/mol. The lowest BCUT2D eigenvalue weighted by atomic mass is 9.84. The summed E-state index contributed by atoms with van der Waals surface area (Å²) in [6.45, 7) is 5.41. The molecule has 30 heavy (non-hydrogen) atoms. The molecule has 6 nitrogen and oxygen atoms in total. The van der Waals surface area contributed by atoms with Crippen LogP contribution in [0.15, 0.2) is 30.3 Å². The molecule has 0 radical (unpaired) electrons. The first-order valence-corrected chi connectivity index (χ1v) is 11.7. The Labute approximate surface area is 179 Å². The maximum Gasteiger partial charge on any atom is 0.254 e. The number of hydrogen-bond acceptors (Lipinski definition) is 4. The number of rotatable bonds is 7. The van der Waals surface area contributed by atoms with Crippen LogP contribution in [0.1, 0.15) is 55.3 Å². The Balaban J connectivity index is 1.32. The van der Waals surface area contributed by atoms with E-state index in [1.807, 2.05) is 35.2 Å². The first-order chi connectivity index (χ1) is 14.7. The number of likely N-dealkylation sites (tertiary alicyclic amines) is 1. The van der Waals surface area contributed by atoms with Crippen molar-refractivity contribution in [2.24, 2.45) is 5.92 Å². The highest BCUT2D eigenvalue weighted by Gasteiger charge is 2.47. The number of unbranched alkanes of at least 4 members (excludes halogenated alkanes) is 1. The second kappa shape index (κ2) is 10.4. The predicted octanol–water partition coefficient (Wildman–Crippen LogP) is 2.69. The average Bonchev–Trinajstić information content (AvgIpc) is 3.19. The van der Waals surface area contributed by atoms with Crippen LogP contribution in [-0.2, 0) is 9.53 Å². The van der Waals surface area contributed by atoms with Gasteiger partial charge in [0.25, 0.3) is 5.91 Å². The van der Waals surface area contributed by atoms with Crippen LogP contribution in [-0.4, -0.2) is 73.1 Å². The van der Waals surface area contributed by atoms with Crippen molar-refractivity contribution in [3.05, 3.63) is 35.9 Å². The molecule has 1 aromatic rings. The summed E-state index contributed by atoms with van der Waals surface area (Å²) in [6.07, 6.45) is 7.36. The Bertz CT molecular complexity index is 705. The summed E-state index contributed by atoms with van der Waals surface area (Å²) in [7, 11) is 0. The van der Waals surface area contributed by atoms with Crippen LogP contribution in [0.3, 0.4) is 0 Å². The maximum atomic E-state index is 13.3. The number of carbonyl (C=O) groups excluding carboxylic acids is 2. The van der Waals surface area contributed by atoms with Gasteiger partial charge < -0.3 is 15.0 Å². The topological polar surface area (TPSA) is 61.9 Å². The molecule has 0 spiro atoms. The van der Waals surface area contributed by atoms with Crippen LogP contribution in [0.5, 0.6) is 0 Å². The maximum absolute atomic E-state index is 13.3. The molecule has 2 saturated heterocycles. The van der Waals surface area contributed by atoms with Crippen LogP contribution < -0.4 is 5.32 Å². The van der Waals surface area contributed by atoms with Crippen molar-refractivity contribution in [1.29, 1.82) is 0 Å². The van der Waals surface area contributed by atoms with Crippen molar-refractivity contribution >= 4 is 11.8 Å². The van der Waals surface area contributed by atoms with Gasteiger partial charge in [-0.3, -0.25) is 14.5 Å². The fourth-order valence-electron chi connectivity index (χ4n) is 5.33. The Hall–Kier alpha value is -1.92. The molecular formula is C24H35N3O3. The van der Waals surface area contributed by atoms with Crippen molar-refractivity contribution < 1.29 is 14.3 Å². The first-order valence-electron chi connectivity index (χ1n) is 11.7. The van der Waals surface area contributed by atoms with Crippen LogP contribution in [0.4, 0.5) is 0 Å². The third-order valence-corrected chi connectivity index (χ3v) is 6.95. The number of amides is 2. The van der Waals surface area contributed by atoms with Crippen molar-refractivity contribution in [2.75, 3.05) is 39.4 Å². The monoisotopic (exact) mass is 413 g/mol. The van der Waals surface area contributed by atoms with Gasteiger partial charge in [0.1, 0.15) is 6.04 Å². The molecule has 3 fully saturated rings. The zero-order chi connectivity index (χ0) is 20.8. The number of nitrogens with zero attached hydrogens (tertiary/aromatic N) is 2. The SMILES string of the molecule is O=C(NCCCCN1CCOCC1)C1CC2CCCCC2N1C(=O)c1ccccc1. The average molecular weight is 414 g/mol. The number of carbonyl (C=O) groups is 2. The smallest absolute Gasteiger partial charge is 0.254 e. The van der Waals surface area contributed by atoms with E-state index in [9.17, 15) is 9.59 Å². The van der Waals surface area contributed by atoms with E-state index in [-0.39, 0.29) is 23.9 Å². The molecule has 2 heterocycles. The van der Waals surface area contributed by atoms with Crippen LogP contribution in [0, 0.1) is 5.92 Å². The van der Waals surface area contributed by atoms with E-state index in [1.54, 1.807) is 0 Å². The van der Waals surface area contributed by atoms with Gasteiger partial charge in [-0.1, -0.05) is 31.0 Å². The molecule has 3 atom stereocenters. The lowest BCUT2D eigenvalue weighted by Crippen LogP contribution is -2.49. The molecule has 2 amide bonds. The summed E-state index contributed by atoms with van der Waals surface area (Å²) in [5, 5.41) is 3.13. The Morgan fingerprint density at radius 1 is 1.03 bits per heavy atom. The highest BCUT2D eigenvalue weighted by Crippen LogP contribution is 2.40. The zero-order valence-electron chi connectivity index (χ0n) is 17.9. The number of fused-ring (bicyclic) bond motifs is 1. The molecule has 164 valence electrons. The molecule has 4 rings (SSSR count). The van der Waals surface area contributed by atoms with E-state index in [2.05, 4.69) is 10.2 Å². The van der Waals surface area contributed by atoms with Gasteiger partial charge in [-0.2, -0.15) is 0 Å². The summed E-state index contributed by atoms with van der Waals surface area (Å²) in [5.74, 6) is 0.501. The fourth-order valence-corrected chi connectivity index (χ4v) is 5.33. The molecule has 0 aromatic heterocycles. The Morgan fingerprint density at radius 2 is 1.80 bits per heavy atom. The molecule has 2 aliphatic heterocycles. The van der Waals surface area contributed by atoms with E-state index in [1.165, 1.54) is 6.42 Å². The van der Waals surface area contributed by atoms with Crippen molar-refractivity contribution in [2.45, 2.75) is 57.0 Å². The van der Waals surface area contributed by atoms with Crippen LogP contribution in [0.25, 0.3) is 0 Å². The van der Waals surface area contributed by atoms with Gasteiger partial charge in [-0.25, -0.2) is 0 Å². The largest absolute Gasteiger partial charge is 0.379 e. The minimum Gasteiger partial charge on any atom is -0.379 e. The summed E-state index contributed by atoms with van der Waals surface area (Å²) in [5.41, 5.74) is 0.687. The minimum atomic E-state index is -0.329. The third kappa shape index (κ3) is 5.03. The van der Waals surface area contributed by atoms with Crippen molar-refractivity contribution in [1.82, 2.24) is 15.1 Å². The standard InChI is InChI=1S/C24H35N3O3/c28-23(25-12-6-7-13-26-14-16-30-17-15-26)22-18-20-10-4-5-11-21(20)27(22)24(29)19-8-2-1-3-9-19/h1-3,8-9,20-22H,4-7,10-18H2,(H,25,28). The molecule has 1 aromatic carbocycles. The number of nitrogens with one attached hydrogen (secondary N) is 1.